The number of ketones is 1. The van der Waals surface area contributed by atoms with Crippen LogP contribution in [0.25, 0.3) is 16.8 Å². The normalized spacial score (nSPS) is 22.1. The van der Waals surface area contributed by atoms with Crippen LogP contribution < -0.4 is 21.7 Å². The summed E-state index contributed by atoms with van der Waals surface area (Å²) in [7, 11) is 1.54. The van der Waals surface area contributed by atoms with Crippen LogP contribution in [0.5, 0.6) is 0 Å². The number of rotatable bonds is 4. The molecule has 0 spiro atoms. The van der Waals surface area contributed by atoms with Crippen LogP contribution in [0, 0.1) is 0 Å². The molecule has 0 aromatic carbocycles. The molecule has 0 radical (unpaired) electrons. The summed E-state index contributed by atoms with van der Waals surface area (Å²) in [5.41, 5.74) is 9.86. The van der Waals surface area contributed by atoms with Gasteiger partial charge in [-0.15, -0.1) is 0 Å². The summed E-state index contributed by atoms with van der Waals surface area (Å²) in [6.07, 6.45) is 7.56. The number of nitrogens with zero attached hydrogens (tertiary/aromatic N) is 4. The van der Waals surface area contributed by atoms with Crippen LogP contribution in [0.1, 0.15) is 54.6 Å². The van der Waals surface area contributed by atoms with Gasteiger partial charge in [0.25, 0.3) is 0 Å². The molecule has 3 aromatic rings. The first-order valence-electron chi connectivity index (χ1n) is 10.8. The molecule has 2 aliphatic rings. The summed E-state index contributed by atoms with van der Waals surface area (Å²) >= 11 is 0. The van der Waals surface area contributed by atoms with Gasteiger partial charge in [-0.2, -0.15) is 9.61 Å². The predicted octanol–water partition coefficient (Wildman–Crippen LogP) is 2.33. The van der Waals surface area contributed by atoms with Gasteiger partial charge < -0.3 is 16.4 Å². The SMILES string of the molecule is CNC(=O)Nc1ccc(-c2cnn3c(N)c(C(C)=O)c([C@H]4C[C@H]5CC[C@@H](C4)N5)nc23)cn1. The monoisotopic (exact) mass is 434 g/mol. The topological polar surface area (TPSA) is 139 Å². The van der Waals surface area contributed by atoms with E-state index in [9.17, 15) is 9.59 Å². The maximum Gasteiger partial charge on any atom is 0.320 e. The fraction of sp³-hybridized carbons (Fsp3) is 0.409. The van der Waals surface area contributed by atoms with E-state index < -0.39 is 0 Å². The van der Waals surface area contributed by atoms with Crippen molar-refractivity contribution in [2.24, 2.45) is 0 Å². The molecule has 2 aliphatic heterocycles. The Labute approximate surface area is 185 Å². The second kappa shape index (κ2) is 7.86. The fourth-order valence-electron chi connectivity index (χ4n) is 4.98. The Hall–Kier alpha value is -3.53. The van der Waals surface area contributed by atoms with Crippen molar-refractivity contribution in [2.45, 2.75) is 50.6 Å². The molecule has 166 valence electrons. The zero-order valence-corrected chi connectivity index (χ0v) is 18.1. The number of Topliss-reactive ketones (excluding diaryl/α,β-unsaturated/α-hetero) is 1. The third-order valence-corrected chi connectivity index (χ3v) is 6.47. The number of anilines is 2. The molecule has 2 amide bonds. The van der Waals surface area contributed by atoms with Gasteiger partial charge in [0, 0.05) is 42.4 Å². The van der Waals surface area contributed by atoms with Gasteiger partial charge in [0.2, 0.25) is 0 Å². The molecule has 2 bridgehead atoms. The van der Waals surface area contributed by atoms with E-state index in [2.05, 4.69) is 26.0 Å². The van der Waals surface area contributed by atoms with Crippen molar-refractivity contribution in [1.82, 2.24) is 30.2 Å². The van der Waals surface area contributed by atoms with Crippen LogP contribution in [-0.2, 0) is 0 Å². The summed E-state index contributed by atoms with van der Waals surface area (Å²) < 4.78 is 1.53. The third-order valence-electron chi connectivity index (χ3n) is 6.47. The lowest BCUT2D eigenvalue weighted by Crippen LogP contribution is -2.38. The molecule has 2 fully saturated rings. The Morgan fingerprint density at radius 3 is 2.56 bits per heavy atom. The molecule has 0 unspecified atom stereocenters. The third kappa shape index (κ3) is 3.46. The zero-order chi connectivity index (χ0) is 22.4. The summed E-state index contributed by atoms with van der Waals surface area (Å²) in [5.74, 6) is 0.836. The minimum absolute atomic E-state index is 0.0962. The highest BCUT2D eigenvalue weighted by Gasteiger charge is 2.37. The van der Waals surface area contributed by atoms with Crippen molar-refractivity contribution >= 4 is 29.1 Å². The van der Waals surface area contributed by atoms with E-state index in [0.29, 0.717) is 34.9 Å². The number of hydrogen-bond acceptors (Lipinski definition) is 7. The number of piperidine rings is 1. The largest absolute Gasteiger partial charge is 0.383 e. The number of carbonyl (C=O) groups is 2. The Kier molecular flexibility index (Phi) is 5.01. The van der Waals surface area contributed by atoms with Crippen LogP contribution >= 0.6 is 0 Å². The molecule has 10 nitrogen and oxygen atoms in total. The lowest BCUT2D eigenvalue weighted by molar-refractivity contribution is 0.101. The van der Waals surface area contributed by atoms with Gasteiger partial charge in [-0.1, -0.05) is 0 Å². The molecule has 5 rings (SSSR count). The van der Waals surface area contributed by atoms with Gasteiger partial charge >= 0.3 is 6.03 Å². The molecule has 5 N–H and O–H groups in total. The highest BCUT2D eigenvalue weighted by molar-refractivity contribution is 6.00. The van der Waals surface area contributed by atoms with Crippen LogP contribution in [0.3, 0.4) is 0 Å². The number of pyridine rings is 1. The number of aromatic nitrogens is 4. The van der Waals surface area contributed by atoms with Crippen molar-refractivity contribution in [3.8, 4) is 11.1 Å². The van der Waals surface area contributed by atoms with E-state index in [1.807, 2.05) is 6.07 Å². The van der Waals surface area contributed by atoms with E-state index in [1.54, 1.807) is 25.5 Å². The van der Waals surface area contributed by atoms with E-state index in [-0.39, 0.29) is 17.7 Å². The van der Waals surface area contributed by atoms with Gasteiger partial charge in [0.1, 0.15) is 11.6 Å². The number of carbonyl (C=O) groups excluding carboxylic acids is 2. The minimum atomic E-state index is -0.340. The zero-order valence-electron chi connectivity index (χ0n) is 18.1. The first kappa shape index (κ1) is 20.4. The van der Waals surface area contributed by atoms with E-state index >= 15 is 0 Å². The lowest BCUT2D eigenvalue weighted by Gasteiger charge is -2.30. The van der Waals surface area contributed by atoms with Crippen LogP contribution in [0.2, 0.25) is 0 Å². The first-order chi connectivity index (χ1) is 15.4. The number of amides is 2. The summed E-state index contributed by atoms with van der Waals surface area (Å²) in [6.45, 7) is 1.53. The van der Waals surface area contributed by atoms with Gasteiger partial charge in [0.05, 0.1) is 17.5 Å². The highest BCUT2D eigenvalue weighted by atomic mass is 16.2. The van der Waals surface area contributed by atoms with Crippen molar-refractivity contribution in [2.75, 3.05) is 18.1 Å². The van der Waals surface area contributed by atoms with E-state index in [1.165, 1.54) is 11.4 Å². The molecule has 0 aliphatic carbocycles. The average Bonchev–Trinajstić information content (AvgIpc) is 3.36. The minimum Gasteiger partial charge on any atom is -0.383 e. The van der Waals surface area contributed by atoms with Crippen LogP contribution in [0.15, 0.2) is 24.5 Å². The molecule has 3 atom stereocenters. The van der Waals surface area contributed by atoms with E-state index in [4.69, 9.17) is 10.7 Å². The Balaban J connectivity index is 1.58. The van der Waals surface area contributed by atoms with Crippen LogP contribution in [-0.4, -0.2) is 50.5 Å². The highest BCUT2D eigenvalue weighted by Crippen LogP contribution is 2.39. The van der Waals surface area contributed by atoms with Crippen molar-refractivity contribution in [3.05, 3.63) is 35.8 Å². The Morgan fingerprint density at radius 1 is 1.19 bits per heavy atom. The number of fused-ring (bicyclic) bond motifs is 3. The molecule has 2 saturated heterocycles. The molecule has 10 heteroatoms. The number of hydrogen-bond donors (Lipinski definition) is 4. The summed E-state index contributed by atoms with van der Waals surface area (Å²) in [5, 5.41) is 13.2. The van der Waals surface area contributed by atoms with Gasteiger partial charge in [-0.3, -0.25) is 10.1 Å². The van der Waals surface area contributed by atoms with E-state index in [0.717, 1.165) is 42.5 Å². The second-order valence-electron chi connectivity index (χ2n) is 8.55. The van der Waals surface area contributed by atoms with Gasteiger partial charge in [-0.25, -0.2) is 14.8 Å². The quantitative estimate of drug-likeness (QED) is 0.462. The smallest absolute Gasteiger partial charge is 0.320 e. The van der Waals surface area contributed by atoms with Crippen molar-refractivity contribution < 1.29 is 9.59 Å². The lowest BCUT2D eigenvalue weighted by atomic mass is 9.86. The Bertz CT molecular complexity index is 1190. The average molecular weight is 435 g/mol. The fourth-order valence-corrected chi connectivity index (χ4v) is 4.98. The summed E-state index contributed by atoms with van der Waals surface area (Å²) in [6, 6.07) is 4.15. The predicted molar refractivity (Wildman–Crippen MR) is 121 cm³/mol. The molecule has 0 saturated carbocycles. The summed E-state index contributed by atoms with van der Waals surface area (Å²) in [4.78, 5) is 33.3. The first-order valence-corrected chi connectivity index (χ1v) is 10.8. The molecule has 32 heavy (non-hydrogen) atoms. The van der Waals surface area contributed by atoms with Gasteiger partial charge in [-0.05, 0) is 44.7 Å². The Morgan fingerprint density at radius 2 is 1.94 bits per heavy atom. The maximum absolute atomic E-state index is 12.6. The number of nitrogen functional groups attached to an aromatic ring is 1. The number of nitrogens with one attached hydrogen (secondary N) is 3. The number of nitrogens with two attached hydrogens (primary N) is 1. The van der Waals surface area contributed by atoms with Gasteiger partial charge in [0.15, 0.2) is 11.4 Å². The molecular formula is C22H26N8O2. The molecule has 3 aromatic heterocycles. The number of urea groups is 1. The van der Waals surface area contributed by atoms with Crippen LogP contribution in [0.4, 0.5) is 16.4 Å². The molecular weight excluding hydrogens is 408 g/mol. The second-order valence-corrected chi connectivity index (χ2v) is 8.55. The van der Waals surface area contributed by atoms with Crippen molar-refractivity contribution in [3.63, 3.8) is 0 Å². The maximum atomic E-state index is 12.6. The molecule has 5 heterocycles. The van der Waals surface area contributed by atoms with Crippen molar-refractivity contribution in [1.29, 1.82) is 0 Å². The standard InChI is InChI=1S/C22H26N8O2/c1-11(31)18-19(13-7-14-4-5-15(8-13)27-14)29-21-16(10-26-30(21)20(18)23)12-3-6-17(25-9-12)28-22(32)24-2/h3,6,9-10,13-15,27H,4-5,7-8,23H2,1-2H3,(H2,24,25,28,32)/t13-,14+,15-.